The number of aromatic nitrogens is 2. The molecule has 7 nitrogen and oxygen atoms in total. The Labute approximate surface area is 169 Å². The summed E-state index contributed by atoms with van der Waals surface area (Å²) < 4.78 is 1.68. The van der Waals surface area contributed by atoms with E-state index in [1.54, 1.807) is 16.7 Å². The number of rotatable bonds is 8. The highest BCUT2D eigenvalue weighted by Crippen LogP contribution is 2.24. The van der Waals surface area contributed by atoms with Gasteiger partial charge in [0.15, 0.2) is 5.16 Å². The molecular weight excluding hydrogens is 376 g/mol. The average molecular weight is 405 g/mol. The van der Waals surface area contributed by atoms with E-state index in [2.05, 4.69) is 29.5 Å². The minimum atomic E-state index is -0.559. The minimum absolute atomic E-state index is 0.00306. The lowest BCUT2D eigenvalue weighted by molar-refractivity contribution is -0.117. The highest BCUT2D eigenvalue weighted by Gasteiger charge is 2.18. The molecule has 0 aliphatic rings. The lowest BCUT2D eigenvalue weighted by Crippen LogP contribution is -2.38. The van der Waals surface area contributed by atoms with Crippen molar-refractivity contribution in [2.24, 2.45) is 5.92 Å². The van der Waals surface area contributed by atoms with Crippen molar-refractivity contribution >= 4 is 34.6 Å². The predicted molar refractivity (Wildman–Crippen MR) is 113 cm³/mol. The first kappa shape index (κ1) is 21.9. The second-order valence-corrected chi connectivity index (χ2v) is 8.12. The highest BCUT2D eigenvalue weighted by molar-refractivity contribution is 7.99. The summed E-state index contributed by atoms with van der Waals surface area (Å²) in [6.45, 7) is 6.37. The summed E-state index contributed by atoms with van der Waals surface area (Å²) in [4.78, 5) is 41.0. The lowest BCUT2D eigenvalue weighted by Gasteiger charge is -2.20. The maximum atomic E-state index is 13.1. The molecule has 2 rings (SSSR count). The number of nitrogens with zero attached hydrogens (tertiary/aromatic N) is 2. The third-order valence-electron chi connectivity index (χ3n) is 4.43. The molecule has 1 aromatic heterocycles. The largest absolute Gasteiger partial charge is 0.341 e. The first-order valence-corrected chi connectivity index (χ1v) is 10.5. The molecule has 0 saturated carbocycles. The van der Waals surface area contributed by atoms with Crippen LogP contribution in [0.3, 0.4) is 0 Å². The van der Waals surface area contributed by atoms with E-state index in [9.17, 15) is 14.4 Å². The number of carbonyl (C=O) groups excluding carboxylic acids is 2. The molecule has 0 spiro atoms. The number of amides is 3. The van der Waals surface area contributed by atoms with Gasteiger partial charge in [0.25, 0.3) is 5.56 Å². The maximum absolute atomic E-state index is 13.1. The molecule has 1 heterocycles. The molecule has 0 radical (unpaired) electrons. The van der Waals surface area contributed by atoms with Crippen LogP contribution < -0.4 is 16.2 Å². The van der Waals surface area contributed by atoms with Crippen LogP contribution >= 0.6 is 11.8 Å². The summed E-state index contributed by atoms with van der Waals surface area (Å²) in [7, 11) is 1.44. The highest BCUT2D eigenvalue weighted by atomic mass is 32.2. The van der Waals surface area contributed by atoms with Crippen LogP contribution in [0.4, 0.5) is 4.79 Å². The molecule has 1 aromatic carbocycles. The monoisotopic (exact) mass is 404 g/mol. The third-order valence-corrected chi connectivity index (χ3v) is 5.38. The number of benzene rings is 1. The van der Waals surface area contributed by atoms with E-state index in [0.717, 1.165) is 31.0 Å². The van der Waals surface area contributed by atoms with Crippen molar-refractivity contribution in [3.8, 4) is 0 Å². The Morgan fingerprint density at radius 3 is 2.57 bits per heavy atom. The number of fused-ring (bicyclic) bond motifs is 1. The Morgan fingerprint density at radius 2 is 1.89 bits per heavy atom. The van der Waals surface area contributed by atoms with Crippen LogP contribution in [0, 0.1) is 5.92 Å². The van der Waals surface area contributed by atoms with E-state index in [1.807, 2.05) is 19.1 Å². The molecular formula is C20H28N4O3S. The van der Waals surface area contributed by atoms with Crippen LogP contribution in [-0.4, -0.2) is 34.3 Å². The molecule has 8 heteroatoms. The molecule has 0 bridgehead atoms. The standard InChI is InChI=1S/C20H28N4O3S/c1-13(2)8-7-9-14(3)24-18(26)15-10-5-6-11-16(15)22-20(24)28-12-17(25)23-19(27)21-4/h5-6,10-11,13-14H,7-9,12H2,1-4H3,(H2,21,23,25,27)/t14-/m1/s1. The van der Waals surface area contributed by atoms with Gasteiger partial charge in [-0.1, -0.05) is 50.6 Å². The van der Waals surface area contributed by atoms with Crippen LogP contribution in [0.1, 0.15) is 46.1 Å². The van der Waals surface area contributed by atoms with Gasteiger partial charge < -0.3 is 5.32 Å². The van der Waals surface area contributed by atoms with Crippen LogP contribution in [0.25, 0.3) is 10.9 Å². The molecule has 3 amide bonds. The van der Waals surface area contributed by atoms with Gasteiger partial charge in [0.05, 0.1) is 16.7 Å². The molecule has 0 fully saturated rings. The summed E-state index contributed by atoms with van der Waals surface area (Å²) in [5.41, 5.74) is 0.504. The van der Waals surface area contributed by atoms with E-state index in [1.165, 1.54) is 7.05 Å². The van der Waals surface area contributed by atoms with Crippen molar-refractivity contribution in [1.29, 1.82) is 0 Å². The first-order valence-electron chi connectivity index (χ1n) is 9.49. The summed E-state index contributed by atoms with van der Waals surface area (Å²) in [5.74, 6) is 0.170. The van der Waals surface area contributed by atoms with E-state index in [-0.39, 0.29) is 17.4 Å². The summed E-state index contributed by atoms with van der Waals surface area (Å²) in [6, 6.07) is 6.62. The number of hydrogen-bond acceptors (Lipinski definition) is 5. The molecule has 0 unspecified atom stereocenters. The molecule has 0 aliphatic heterocycles. The maximum Gasteiger partial charge on any atom is 0.321 e. The summed E-state index contributed by atoms with van der Waals surface area (Å²) in [5, 5.41) is 5.62. The van der Waals surface area contributed by atoms with Gasteiger partial charge in [0, 0.05) is 13.1 Å². The van der Waals surface area contributed by atoms with E-state index >= 15 is 0 Å². The zero-order chi connectivity index (χ0) is 20.7. The second-order valence-electron chi connectivity index (χ2n) is 7.18. The number of nitrogens with one attached hydrogen (secondary N) is 2. The Bertz CT molecular complexity index is 895. The van der Waals surface area contributed by atoms with Crippen molar-refractivity contribution in [2.75, 3.05) is 12.8 Å². The van der Waals surface area contributed by atoms with Crippen molar-refractivity contribution in [2.45, 2.75) is 51.2 Å². The van der Waals surface area contributed by atoms with Gasteiger partial charge in [-0.3, -0.25) is 19.5 Å². The van der Waals surface area contributed by atoms with Crippen molar-refractivity contribution in [3.05, 3.63) is 34.6 Å². The Morgan fingerprint density at radius 1 is 1.18 bits per heavy atom. The number of para-hydroxylation sites is 1. The Hall–Kier alpha value is -2.35. The molecule has 0 aliphatic carbocycles. The van der Waals surface area contributed by atoms with Gasteiger partial charge in [-0.25, -0.2) is 9.78 Å². The normalized spacial score (nSPS) is 12.2. The van der Waals surface area contributed by atoms with Gasteiger partial charge in [-0.2, -0.15) is 0 Å². The third kappa shape index (κ3) is 5.82. The zero-order valence-corrected chi connectivity index (χ0v) is 17.6. The molecule has 2 N–H and O–H groups in total. The van der Waals surface area contributed by atoms with Crippen LogP contribution in [0.15, 0.2) is 34.2 Å². The molecule has 2 aromatic rings. The topological polar surface area (TPSA) is 93.1 Å². The van der Waals surface area contributed by atoms with E-state index in [4.69, 9.17) is 0 Å². The van der Waals surface area contributed by atoms with Gasteiger partial charge >= 0.3 is 6.03 Å². The first-order chi connectivity index (χ1) is 13.3. The minimum Gasteiger partial charge on any atom is -0.341 e. The van der Waals surface area contributed by atoms with E-state index < -0.39 is 11.9 Å². The number of urea groups is 1. The Balaban J connectivity index is 2.29. The quantitative estimate of drug-likeness (QED) is 0.520. The fourth-order valence-electron chi connectivity index (χ4n) is 2.92. The molecule has 152 valence electrons. The number of carbonyl (C=O) groups is 2. The molecule has 0 saturated heterocycles. The van der Waals surface area contributed by atoms with Crippen molar-refractivity contribution in [3.63, 3.8) is 0 Å². The van der Waals surface area contributed by atoms with Gasteiger partial charge in [-0.15, -0.1) is 0 Å². The fourth-order valence-corrected chi connectivity index (χ4v) is 3.82. The fraction of sp³-hybridized carbons (Fsp3) is 0.500. The van der Waals surface area contributed by atoms with Gasteiger partial charge in [0.1, 0.15) is 0 Å². The zero-order valence-electron chi connectivity index (χ0n) is 16.8. The van der Waals surface area contributed by atoms with E-state index in [0.29, 0.717) is 22.0 Å². The van der Waals surface area contributed by atoms with Crippen LogP contribution in [-0.2, 0) is 4.79 Å². The predicted octanol–water partition coefficient (Wildman–Crippen LogP) is 3.33. The summed E-state index contributed by atoms with van der Waals surface area (Å²) >= 11 is 1.16. The number of thioether (sulfide) groups is 1. The second kappa shape index (κ2) is 10.3. The van der Waals surface area contributed by atoms with Crippen LogP contribution in [0.5, 0.6) is 0 Å². The van der Waals surface area contributed by atoms with Gasteiger partial charge in [-0.05, 0) is 31.4 Å². The lowest BCUT2D eigenvalue weighted by atomic mass is 10.0. The average Bonchev–Trinajstić information content (AvgIpc) is 2.65. The van der Waals surface area contributed by atoms with Crippen molar-refractivity contribution in [1.82, 2.24) is 20.2 Å². The smallest absolute Gasteiger partial charge is 0.321 e. The Kier molecular flexibility index (Phi) is 8.04. The summed E-state index contributed by atoms with van der Waals surface area (Å²) in [6.07, 6.45) is 2.96. The number of hydrogen-bond donors (Lipinski definition) is 2. The molecule has 28 heavy (non-hydrogen) atoms. The number of imide groups is 1. The molecule has 1 atom stereocenters. The van der Waals surface area contributed by atoms with Crippen molar-refractivity contribution < 1.29 is 9.59 Å². The SMILES string of the molecule is CNC(=O)NC(=O)CSc1nc2ccccc2c(=O)n1[C@H](C)CCCC(C)C. The van der Waals surface area contributed by atoms with Gasteiger partial charge in [0.2, 0.25) is 5.91 Å². The van der Waals surface area contributed by atoms with Crippen LogP contribution in [0.2, 0.25) is 0 Å².